The second-order valence-electron chi connectivity index (χ2n) is 6.02. The van der Waals surface area contributed by atoms with Gasteiger partial charge in [0, 0.05) is 17.3 Å². The van der Waals surface area contributed by atoms with E-state index >= 15 is 0 Å². The molecule has 0 saturated carbocycles. The Balaban J connectivity index is 0.000000297. The fourth-order valence-electron chi connectivity index (χ4n) is 2.27. The Kier molecular flexibility index (Phi) is 7.93. The predicted octanol–water partition coefficient (Wildman–Crippen LogP) is 4.89. The standard InChI is InChI=1S/C16H12F3NO.C7H7NO/c17-16(18,19)14-8-6-12(7-9-14)10-11-20-15(21)13-4-2-1-3-5-13;8-7(9)6-4-2-1-3-5-6/h1-11H,(H,20,21);1-5H,(H2,8,9). The first-order valence-electron chi connectivity index (χ1n) is 8.82. The summed E-state index contributed by atoms with van der Waals surface area (Å²) in [5.74, 6) is -0.658. The number of hydrogen-bond donors (Lipinski definition) is 2. The predicted molar refractivity (Wildman–Crippen MR) is 109 cm³/mol. The number of rotatable bonds is 4. The molecule has 30 heavy (non-hydrogen) atoms. The number of benzene rings is 3. The first-order chi connectivity index (χ1) is 14.3. The van der Waals surface area contributed by atoms with Crippen molar-refractivity contribution in [2.75, 3.05) is 0 Å². The van der Waals surface area contributed by atoms with Crippen LogP contribution in [0.2, 0.25) is 0 Å². The Morgan fingerprint density at radius 1 is 0.767 bits per heavy atom. The molecule has 0 aliphatic heterocycles. The van der Waals surface area contributed by atoms with Crippen LogP contribution in [0.1, 0.15) is 31.8 Å². The van der Waals surface area contributed by atoms with Crippen molar-refractivity contribution in [3.05, 3.63) is 113 Å². The van der Waals surface area contributed by atoms with Crippen LogP contribution in [0.15, 0.2) is 91.1 Å². The van der Waals surface area contributed by atoms with E-state index in [4.69, 9.17) is 5.73 Å². The second kappa shape index (κ2) is 10.6. The molecule has 0 heterocycles. The Morgan fingerprint density at radius 3 is 1.70 bits per heavy atom. The summed E-state index contributed by atoms with van der Waals surface area (Å²) in [5, 5.41) is 2.55. The van der Waals surface area contributed by atoms with Gasteiger partial charge in [-0.05, 0) is 48.0 Å². The Morgan fingerprint density at radius 2 is 1.27 bits per heavy atom. The first kappa shape index (κ1) is 22.4. The number of halogens is 3. The lowest BCUT2D eigenvalue weighted by Gasteiger charge is -2.06. The topological polar surface area (TPSA) is 72.2 Å². The van der Waals surface area contributed by atoms with E-state index in [1.165, 1.54) is 24.4 Å². The summed E-state index contributed by atoms with van der Waals surface area (Å²) in [7, 11) is 0. The summed E-state index contributed by atoms with van der Waals surface area (Å²) in [5.41, 5.74) is 5.90. The lowest BCUT2D eigenvalue weighted by atomic mass is 10.1. The molecule has 154 valence electrons. The number of primary amides is 1. The van der Waals surface area contributed by atoms with E-state index in [-0.39, 0.29) is 11.8 Å². The second-order valence-corrected chi connectivity index (χ2v) is 6.02. The number of nitrogens with two attached hydrogens (primary N) is 1. The molecule has 0 fully saturated rings. The van der Waals surface area contributed by atoms with Crippen LogP contribution in [0.25, 0.3) is 6.08 Å². The SMILES string of the molecule is NC(=O)c1ccccc1.O=C(NC=Cc1ccc(C(F)(F)F)cc1)c1ccccc1. The maximum Gasteiger partial charge on any atom is 0.416 e. The van der Waals surface area contributed by atoms with Gasteiger partial charge in [0.1, 0.15) is 0 Å². The molecule has 3 aromatic rings. The summed E-state index contributed by atoms with van der Waals surface area (Å²) in [6.45, 7) is 0. The first-order valence-corrected chi connectivity index (χ1v) is 8.82. The summed E-state index contributed by atoms with van der Waals surface area (Å²) in [4.78, 5) is 22.1. The number of nitrogens with one attached hydrogen (secondary N) is 1. The average molecular weight is 412 g/mol. The van der Waals surface area contributed by atoms with E-state index < -0.39 is 11.7 Å². The highest BCUT2D eigenvalue weighted by Gasteiger charge is 2.29. The van der Waals surface area contributed by atoms with E-state index in [1.54, 1.807) is 54.6 Å². The van der Waals surface area contributed by atoms with Crippen LogP contribution in [0.3, 0.4) is 0 Å². The van der Waals surface area contributed by atoms with E-state index in [1.807, 2.05) is 6.07 Å². The van der Waals surface area contributed by atoms with Gasteiger partial charge >= 0.3 is 6.18 Å². The van der Waals surface area contributed by atoms with Crippen molar-refractivity contribution >= 4 is 17.9 Å². The molecule has 2 amide bonds. The summed E-state index contributed by atoms with van der Waals surface area (Å²) < 4.78 is 37.2. The highest BCUT2D eigenvalue weighted by molar-refractivity contribution is 5.95. The molecule has 0 radical (unpaired) electrons. The molecule has 7 heteroatoms. The molecule has 3 aromatic carbocycles. The van der Waals surface area contributed by atoms with Crippen molar-refractivity contribution in [1.29, 1.82) is 0 Å². The van der Waals surface area contributed by atoms with Gasteiger partial charge in [-0.2, -0.15) is 13.2 Å². The van der Waals surface area contributed by atoms with Gasteiger partial charge in [0.2, 0.25) is 5.91 Å². The number of hydrogen-bond acceptors (Lipinski definition) is 2. The quantitative estimate of drug-likeness (QED) is 0.640. The lowest BCUT2D eigenvalue weighted by molar-refractivity contribution is -0.137. The molecule has 0 aromatic heterocycles. The maximum absolute atomic E-state index is 12.4. The van der Waals surface area contributed by atoms with Crippen LogP contribution in [0, 0.1) is 0 Å². The fraction of sp³-hybridized carbons (Fsp3) is 0.0435. The molecule has 0 aliphatic carbocycles. The molecule has 0 spiro atoms. The van der Waals surface area contributed by atoms with Crippen molar-refractivity contribution in [2.24, 2.45) is 5.73 Å². The summed E-state index contributed by atoms with van der Waals surface area (Å²) in [6.07, 6.45) is -1.41. The molecule has 0 unspecified atom stereocenters. The minimum Gasteiger partial charge on any atom is -0.366 e. The fourth-order valence-corrected chi connectivity index (χ4v) is 2.27. The van der Waals surface area contributed by atoms with Crippen LogP contribution < -0.4 is 11.1 Å². The van der Waals surface area contributed by atoms with Crippen LogP contribution in [0.5, 0.6) is 0 Å². The highest BCUT2D eigenvalue weighted by atomic mass is 19.4. The molecule has 0 bridgehead atoms. The zero-order chi connectivity index (χ0) is 22.0. The minimum atomic E-state index is -4.34. The third-order valence-corrected chi connectivity index (χ3v) is 3.82. The van der Waals surface area contributed by atoms with Crippen LogP contribution in [0.4, 0.5) is 13.2 Å². The Labute approximate surface area is 171 Å². The monoisotopic (exact) mass is 412 g/mol. The normalized spacial score (nSPS) is 10.8. The van der Waals surface area contributed by atoms with E-state index in [9.17, 15) is 22.8 Å². The number of carbonyl (C=O) groups excluding carboxylic acids is 2. The van der Waals surface area contributed by atoms with Crippen molar-refractivity contribution in [2.45, 2.75) is 6.18 Å². The Bertz CT molecular complexity index is 984. The summed E-state index contributed by atoms with van der Waals surface area (Å²) >= 11 is 0. The average Bonchev–Trinajstić information content (AvgIpc) is 2.75. The zero-order valence-electron chi connectivity index (χ0n) is 15.8. The van der Waals surface area contributed by atoms with E-state index in [0.717, 1.165) is 12.1 Å². The van der Waals surface area contributed by atoms with Gasteiger partial charge in [0.25, 0.3) is 5.91 Å². The lowest BCUT2D eigenvalue weighted by Crippen LogP contribution is -2.16. The van der Waals surface area contributed by atoms with Gasteiger partial charge in [-0.1, -0.05) is 48.5 Å². The van der Waals surface area contributed by atoms with Crippen LogP contribution >= 0.6 is 0 Å². The molecule has 0 atom stereocenters. The van der Waals surface area contributed by atoms with Gasteiger partial charge in [-0.25, -0.2) is 0 Å². The van der Waals surface area contributed by atoms with Crippen molar-refractivity contribution in [3.8, 4) is 0 Å². The molecule has 3 rings (SSSR count). The highest BCUT2D eigenvalue weighted by Crippen LogP contribution is 2.29. The Hall–Kier alpha value is -3.87. The largest absolute Gasteiger partial charge is 0.416 e. The van der Waals surface area contributed by atoms with Crippen molar-refractivity contribution < 1.29 is 22.8 Å². The van der Waals surface area contributed by atoms with Gasteiger partial charge in [0.05, 0.1) is 5.56 Å². The zero-order valence-corrected chi connectivity index (χ0v) is 15.8. The smallest absolute Gasteiger partial charge is 0.366 e. The van der Waals surface area contributed by atoms with Crippen LogP contribution in [-0.2, 0) is 6.18 Å². The number of carbonyl (C=O) groups is 2. The maximum atomic E-state index is 12.4. The molecule has 0 aliphatic rings. The molecule has 0 saturated heterocycles. The summed E-state index contributed by atoms with van der Waals surface area (Å²) in [6, 6.07) is 22.1. The number of alkyl halides is 3. The van der Waals surface area contributed by atoms with Crippen molar-refractivity contribution in [1.82, 2.24) is 5.32 Å². The molecular weight excluding hydrogens is 393 g/mol. The van der Waals surface area contributed by atoms with E-state index in [2.05, 4.69) is 5.32 Å². The van der Waals surface area contributed by atoms with Crippen LogP contribution in [-0.4, -0.2) is 11.8 Å². The number of amides is 2. The third-order valence-electron chi connectivity index (χ3n) is 3.82. The van der Waals surface area contributed by atoms with Gasteiger partial charge in [0.15, 0.2) is 0 Å². The van der Waals surface area contributed by atoms with Gasteiger partial charge in [-0.15, -0.1) is 0 Å². The van der Waals surface area contributed by atoms with Gasteiger partial charge < -0.3 is 11.1 Å². The van der Waals surface area contributed by atoms with Crippen molar-refractivity contribution in [3.63, 3.8) is 0 Å². The third kappa shape index (κ3) is 7.27. The van der Waals surface area contributed by atoms with E-state index in [0.29, 0.717) is 16.7 Å². The van der Waals surface area contributed by atoms with Gasteiger partial charge in [-0.3, -0.25) is 9.59 Å². The minimum absolute atomic E-state index is 0.279. The molecular formula is C23H19F3N2O2. The molecule has 3 N–H and O–H groups in total. The molecule has 4 nitrogen and oxygen atoms in total.